The van der Waals surface area contributed by atoms with Crippen molar-refractivity contribution in [1.29, 1.82) is 0 Å². The Morgan fingerprint density at radius 1 is 1.35 bits per heavy atom. The number of hydrogen-bond acceptors (Lipinski definition) is 5. The Balaban J connectivity index is 1.94. The monoisotopic (exact) mass is 249 g/mol. The van der Waals surface area contributed by atoms with Crippen molar-refractivity contribution in [3.05, 3.63) is 42.0 Å². The van der Waals surface area contributed by atoms with Crippen molar-refractivity contribution in [1.82, 2.24) is 15.5 Å². The number of aromatic nitrogens is 2. The van der Waals surface area contributed by atoms with Gasteiger partial charge < -0.3 is 9.84 Å². The Labute approximate surface area is 105 Å². The van der Waals surface area contributed by atoms with Crippen LogP contribution in [0.15, 0.2) is 39.8 Å². The first kappa shape index (κ1) is 12.1. The molecule has 0 saturated carbocycles. The van der Waals surface area contributed by atoms with Gasteiger partial charge in [0.25, 0.3) is 0 Å². The number of thioether (sulfide) groups is 1. The van der Waals surface area contributed by atoms with Crippen molar-refractivity contribution < 1.29 is 4.52 Å². The van der Waals surface area contributed by atoms with Gasteiger partial charge >= 0.3 is 0 Å². The highest BCUT2D eigenvalue weighted by Crippen LogP contribution is 2.21. The maximum absolute atomic E-state index is 5.17. The fourth-order valence-electron chi connectivity index (χ4n) is 1.29. The molecule has 0 radical (unpaired) electrons. The quantitative estimate of drug-likeness (QED) is 0.826. The molecule has 2 aromatic rings. The normalized spacial score (nSPS) is 12.6. The van der Waals surface area contributed by atoms with Crippen LogP contribution < -0.4 is 5.32 Å². The Morgan fingerprint density at radius 3 is 2.82 bits per heavy atom. The van der Waals surface area contributed by atoms with Crippen LogP contribution in [0.4, 0.5) is 0 Å². The fraction of sp³-hybridized carbons (Fsp3) is 0.333. The van der Waals surface area contributed by atoms with Gasteiger partial charge in [0.1, 0.15) is 0 Å². The maximum atomic E-state index is 5.17. The highest BCUT2D eigenvalue weighted by atomic mass is 32.2. The molecule has 90 valence electrons. The zero-order valence-corrected chi connectivity index (χ0v) is 10.7. The van der Waals surface area contributed by atoms with Crippen molar-refractivity contribution in [2.24, 2.45) is 0 Å². The second-order valence-corrected chi connectivity index (χ2v) is 4.71. The molecule has 4 nitrogen and oxygen atoms in total. The van der Waals surface area contributed by atoms with Crippen molar-refractivity contribution in [3.63, 3.8) is 0 Å². The van der Waals surface area contributed by atoms with E-state index in [9.17, 15) is 0 Å². The van der Waals surface area contributed by atoms with Gasteiger partial charge in [-0.25, -0.2) is 0 Å². The number of nitrogens with zero attached hydrogens (tertiary/aromatic N) is 2. The molecule has 1 aromatic carbocycles. The molecule has 2 rings (SSSR count). The minimum Gasteiger partial charge on any atom is -0.338 e. The van der Waals surface area contributed by atoms with Crippen molar-refractivity contribution in [2.45, 2.75) is 23.6 Å². The summed E-state index contributed by atoms with van der Waals surface area (Å²) in [6.07, 6.45) is 0. The summed E-state index contributed by atoms with van der Waals surface area (Å²) in [5.74, 6) is 2.09. The molecule has 0 spiro atoms. The van der Waals surface area contributed by atoms with Gasteiger partial charge in [-0.15, -0.1) is 11.8 Å². The van der Waals surface area contributed by atoms with Gasteiger partial charge in [0.05, 0.1) is 11.8 Å². The van der Waals surface area contributed by atoms with Crippen LogP contribution in [0.1, 0.15) is 24.7 Å². The summed E-state index contributed by atoms with van der Waals surface area (Å²) in [5, 5.41) is 7.02. The van der Waals surface area contributed by atoms with E-state index in [1.165, 1.54) is 4.90 Å². The lowest BCUT2D eigenvalue weighted by Crippen LogP contribution is -2.12. The van der Waals surface area contributed by atoms with E-state index in [0.717, 1.165) is 11.6 Å². The molecule has 1 atom stereocenters. The van der Waals surface area contributed by atoms with Gasteiger partial charge in [-0.3, -0.25) is 0 Å². The van der Waals surface area contributed by atoms with Crippen molar-refractivity contribution in [2.75, 3.05) is 7.05 Å². The van der Waals surface area contributed by atoms with Crippen LogP contribution in [-0.2, 0) is 5.75 Å². The molecule has 1 N–H and O–H groups in total. The minimum absolute atomic E-state index is 0.0953. The molecule has 1 heterocycles. The molecule has 0 amide bonds. The van der Waals surface area contributed by atoms with Crippen LogP contribution in [0.25, 0.3) is 0 Å². The van der Waals surface area contributed by atoms with E-state index in [0.29, 0.717) is 5.89 Å². The second kappa shape index (κ2) is 5.84. The van der Waals surface area contributed by atoms with Gasteiger partial charge in [-0.1, -0.05) is 23.4 Å². The van der Waals surface area contributed by atoms with Crippen LogP contribution in [0.5, 0.6) is 0 Å². The SMILES string of the molecule is CNC(C)c1nc(CSc2ccccc2)no1. The number of benzene rings is 1. The van der Waals surface area contributed by atoms with Crippen LogP contribution in [0.2, 0.25) is 0 Å². The third-order valence-corrected chi connectivity index (χ3v) is 3.41. The van der Waals surface area contributed by atoms with Gasteiger partial charge in [0, 0.05) is 4.90 Å². The van der Waals surface area contributed by atoms with E-state index < -0.39 is 0 Å². The predicted octanol–water partition coefficient (Wildman–Crippen LogP) is 2.64. The summed E-state index contributed by atoms with van der Waals surface area (Å²) < 4.78 is 5.17. The maximum Gasteiger partial charge on any atom is 0.243 e. The molecule has 0 aliphatic rings. The van der Waals surface area contributed by atoms with Crippen LogP contribution in [0.3, 0.4) is 0 Å². The lowest BCUT2D eigenvalue weighted by Gasteiger charge is -2.01. The summed E-state index contributed by atoms with van der Waals surface area (Å²) in [4.78, 5) is 5.54. The van der Waals surface area contributed by atoms with Gasteiger partial charge in [0.15, 0.2) is 5.82 Å². The third kappa shape index (κ3) is 3.31. The zero-order chi connectivity index (χ0) is 12.1. The first-order valence-corrected chi connectivity index (χ1v) is 6.45. The second-order valence-electron chi connectivity index (χ2n) is 3.66. The summed E-state index contributed by atoms with van der Waals surface area (Å²) in [5.41, 5.74) is 0. The van der Waals surface area contributed by atoms with E-state index >= 15 is 0 Å². The molecule has 0 aliphatic heterocycles. The van der Waals surface area contributed by atoms with E-state index in [1.54, 1.807) is 11.8 Å². The molecule has 0 bridgehead atoms. The summed E-state index contributed by atoms with van der Waals surface area (Å²) in [6, 6.07) is 10.3. The molecule has 1 unspecified atom stereocenters. The molecular formula is C12H15N3OS. The van der Waals surface area contributed by atoms with E-state index in [4.69, 9.17) is 4.52 Å². The third-order valence-electron chi connectivity index (χ3n) is 2.40. The standard InChI is InChI=1S/C12H15N3OS/c1-9(13-2)12-14-11(15-16-12)8-17-10-6-4-3-5-7-10/h3-7,9,13H,8H2,1-2H3. The summed E-state index contributed by atoms with van der Waals surface area (Å²) in [7, 11) is 1.87. The number of rotatable bonds is 5. The van der Waals surface area contributed by atoms with Gasteiger partial charge in [0.2, 0.25) is 5.89 Å². The Morgan fingerprint density at radius 2 is 2.12 bits per heavy atom. The topological polar surface area (TPSA) is 51.0 Å². The van der Waals surface area contributed by atoms with Crippen molar-refractivity contribution in [3.8, 4) is 0 Å². The highest BCUT2D eigenvalue weighted by Gasteiger charge is 2.11. The van der Waals surface area contributed by atoms with Crippen LogP contribution in [-0.4, -0.2) is 17.2 Å². The lowest BCUT2D eigenvalue weighted by atomic mass is 10.3. The number of nitrogens with one attached hydrogen (secondary N) is 1. The number of hydrogen-bond donors (Lipinski definition) is 1. The minimum atomic E-state index is 0.0953. The predicted molar refractivity (Wildman–Crippen MR) is 67.8 cm³/mol. The molecule has 0 fully saturated rings. The average Bonchev–Trinajstić information content (AvgIpc) is 2.85. The smallest absolute Gasteiger partial charge is 0.243 e. The van der Waals surface area contributed by atoms with Gasteiger partial charge in [-0.05, 0) is 26.1 Å². The Kier molecular flexibility index (Phi) is 4.17. The van der Waals surface area contributed by atoms with Crippen molar-refractivity contribution >= 4 is 11.8 Å². The summed E-state index contributed by atoms with van der Waals surface area (Å²) >= 11 is 1.70. The first-order valence-electron chi connectivity index (χ1n) is 5.47. The molecular weight excluding hydrogens is 234 g/mol. The van der Waals surface area contributed by atoms with Gasteiger partial charge in [-0.2, -0.15) is 4.98 Å². The largest absolute Gasteiger partial charge is 0.338 e. The zero-order valence-electron chi connectivity index (χ0n) is 9.88. The van der Waals surface area contributed by atoms with E-state index in [1.807, 2.05) is 32.2 Å². The Hall–Kier alpha value is -1.33. The average molecular weight is 249 g/mol. The molecule has 5 heteroatoms. The first-order chi connectivity index (χ1) is 8.29. The molecule has 17 heavy (non-hydrogen) atoms. The van der Waals surface area contributed by atoms with Crippen LogP contribution in [0, 0.1) is 0 Å². The van der Waals surface area contributed by atoms with E-state index in [-0.39, 0.29) is 6.04 Å². The Bertz CT molecular complexity index is 458. The lowest BCUT2D eigenvalue weighted by molar-refractivity contribution is 0.344. The molecule has 1 aromatic heterocycles. The fourth-order valence-corrected chi connectivity index (χ4v) is 2.05. The molecule has 0 saturated heterocycles. The highest BCUT2D eigenvalue weighted by molar-refractivity contribution is 7.98. The summed E-state index contributed by atoms with van der Waals surface area (Å²) in [6.45, 7) is 1.99. The van der Waals surface area contributed by atoms with Crippen LogP contribution >= 0.6 is 11.8 Å². The molecule has 0 aliphatic carbocycles. The van der Waals surface area contributed by atoms with E-state index in [2.05, 4.69) is 27.6 Å².